The molecule has 2 heterocycles. The third kappa shape index (κ3) is 5.73. The van der Waals surface area contributed by atoms with Crippen molar-refractivity contribution in [2.75, 3.05) is 13.2 Å². The van der Waals surface area contributed by atoms with Crippen molar-refractivity contribution in [3.63, 3.8) is 0 Å². The Morgan fingerprint density at radius 1 is 1.31 bits per heavy atom. The van der Waals surface area contributed by atoms with Crippen LogP contribution in [0.1, 0.15) is 13.8 Å². The predicted octanol–water partition coefficient (Wildman–Crippen LogP) is 2.80. The van der Waals surface area contributed by atoms with E-state index < -0.39 is 17.9 Å². The largest absolute Gasteiger partial charge is 0.492 e. The average molecular weight is 470 g/mol. The number of ether oxygens (including phenoxy) is 2. The van der Waals surface area contributed by atoms with Crippen molar-refractivity contribution >= 4 is 21.9 Å². The highest BCUT2D eigenvalue weighted by atomic mass is 79.9. The smallest absolute Gasteiger partial charge is 0.327 e. The number of hydrogen-bond donors (Lipinski definition) is 1. The molecule has 0 saturated heterocycles. The highest BCUT2D eigenvalue weighted by Crippen LogP contribution is 2.28. The first kappa shape index (κ1) is 20.7. The minimum absolute atomic E-state index is 0.0900. The van der Waals surface area contributed by atoms with E-state index in [1.165, 1.54) is 18.2 Å². The molecule has 0 fully saturated rings. The summed E-state index contributed by atoms with van der Waals surface area (Å²) in [5.41, 5.74) is -0.423. The molecule has 1 aromatic carbocycles. The Bertz CT molecular complexity index is 1010. The molecule has 0 atom stereocenters. The van der Waals surface area contributed by atoms with Gasteiger partial charge in [0.25, 0.3) is 5.88 Å². The standard InChI is InChI=1S/C17H17BrFN5O5/c1-17(2,8-27-12-5-10(19)3-4-11(12)18)9-28-14-6-13(29-22-14)16-20-23-24(21-16)7-15(25)26/h3-6H,7-9H2,1-2H3,(H,25,26). The van der Waals surface area contributed by atoms with Crippen molar-refractivity contribution in [3.05, 3.63) is 34.6 Å². The van der Waals surface area contributed by atoms with Crippen LogP contribution >= 0.6 is 15.9 Å². The van der Waals surface area contributed by atoms with Crippen LogP contribution in [0.3, 0.4) is 0 Å². The van der Waals surface area contributed by atoms with E-state index in [-0.39, 0.29) is 36.5 Å². The number of aliphatic carboxylic acids is 1. The average Bonchev–Trinajstić information content (AvgIpc) is 3.30. The van der Waals surface area contributed by atoms with Gasteiger partial charge in [0, 0.05) is 11.5 Å². The number of aromatic nitrogens is 5. The van der Waals surface area contributed by atoms with Gasteiger partial charge in [0.2, 0.25) is 11.6 Å². The molecule has 0 bridgehead atoms. The SMILES string of the molecule is CC(C)(COc1cc(-c2nnn(CC(=O)O)n2)on1)COc1cc(F)ccc1Br. The first-order valence-electron chi connectivity index (χ1n) is 8.39. The molecule has 0 radical (unpaired) electrons. The molecule has 0 unspecified atom stereocenters. The van der Waals surface area contributed by atoms with Gasteiger partial charge in [-0.2, -0.15) is 4.80 Å². The molecule has 10 nitrogen and oxygen atoms in total. The maximum atomic E-state index is 13.4. The van der Waals surface area contributed by atoms with Gasteiger partial charge in [-0.05, 0) is 38.4 Å². The lowest BCUT2D eigenvalue weighted by Crippen LogP contribution is -2.28. The number of hydrogen-bond acceptors (Lipinski definition) is 8. The zero-order valence-electron chi connectivity index (χ0n) is 15.5. The van der Waals surface area contributed by atoms with Gasteiger partial charge < -0.3 is 19.1 Å². The highest BCUT2D eigenvalue weighted by molar-refractivity contribution is 9.10. The molecular weight excluding hydrogens is 453 g/mol. The van der Waals surface area contributed by atoms with E-state index in [1.54, 1.807) is 6.07 Å². The monoisotopic (exact) mass is 469 g/mol. The Balaban J connectivity index is 1.56. The molecule has 2 aromatic heterocycles. The van der Waals surface area contributed by atoms with E-state index >= 15 is 0 Å². The number of benzene rings is 1. The number of rotatable bonds is 9. The van der Waals surface area contributed by atoms with Crippen LogP contribution in [0.4, 0.5) is 4.39 Å². The molecule has 12 heteroatoms. The van der Waals surface area contributed by atoms with E-state index in [1.807, 2.05) is 13.8 Å². The van der Waals surface area contributed by atoms with E-state index in [0.29, 0.717) is 10.2 Å². The summed E-state index contributed by atoms with van der Waals surface area (Å²) in [4.78, 5) is 11.6. The van der Waals surface area contributed by atoms with Crippen LogP contribution in [0.15, 0.2) is 33.3 Å². The first-order valence-corrected chi connectivity index (χ1v) is 9.18. The molecule has 0 aliphatic rings. The fourth-order valence-electron chi connectivity index (χ4n) is 2.13. The van der Waals surface area contributed by atoms with Crippen molar-refractivity contribution in [3.8, 4) is 23.2 Å². The number of nitrogens with zero attached hydrogens (tertiary/aromatic N) is 5. The lowest BCUT2D eigenvalue weighted by atomic mass is 9.96. The minimum atomic E-state index is -1.09. The fourth-order valence-corrected chi connectivity index (χ4v) is 2.50. The van der Waals surface area contributed by atoms with Crippen LogP contribution in [0.2, 0.25) is 0 Å². The number of halogens is 2. The molecule has 1 N–H and O–H groups in total. The van der Waals surface area contributed by atoms with Gasteiger partial charge in [-0.3, -0.25) is 4.79 Å². The second-order valence-electron chi connectivity index (χ2n) is 6.88. The maximum absolute atomic E-state index is 13.4. The van der Waals surface area contributed by atoms with Crippen LogP contribution < -0.4 is 9.47 Å². The van der Waals surface area contributed by atoms with Gasteiger partial charge in [-0.1, -0.05) is 13.8 Å². The Labute approximate surface area is 172 Å². The summed E-state index contributed by atoms with van der Waals surface area (Å²) in [6.07, 6.45) is 0. The molecule has 3 aromatic rings. The summed E-state index contributed by atoms with van der Waals surface area (Å²) in [7, 11) is 0. The van der Waals surface area contributed by atoms with Crippen LogP contribution in [-0.2, 0) is 11.3 Å². The molecule has 29 heavy (non-hydrogen) atoms. The summed E-state index contributed by atoms with van der Waals surface area (Å²) >= 11 is 3.32. The zero-order chi connectivity index (χ0) is 21.0. The molecule has 0 aliphatic carbocycles. The third-order valence-electron chi connectivity index (χ3n) is 3.56. The van der Waals surface area contributed by atoms with Gasteiger partial charge in [0.05, 0.1) is 23.8 Å². The minimum Gasteiger partial charge on any atom is -0.492 e. The lowest BCUT2D eigenvalue weighted by molar-refractivity contribution is -0.138. The van der Waals surface area contributed by atoms with Crippen LogP contribution in [-0.4, -0.2) is 49.7 Å². The van der Waals surface area contributed by atoms with E-state index in [2.05, 4.69) is 36.5 Å². The number of tetrazole rings is 1. The van der Waals surface area contributed by atoms with Crippen LogP contribution in [0, 0.1) is 11.2 Å². The van der Waals surface area contributed by atoms with Crippen molar-refractivity contribution < 1.29 is 28.3 Å². The second-order valence-corrected chi connectivity index (χ2v) is 7.74. The lowest BCUT2D eigenvalue weighted by Gasteiger charge is -2.24. The number of carboxylic acid groups (broad SMARTS) is 1. The highest BCUT2D eigenvalue weighted by Gasteiger charge is 2.23. The van der Waals surface area contributed by atoms with Gasteiger partial charge in [-0.25, -0.2) is 4.39 Å². The van der Waals surface area contributed by atoms with Crippen molar-refractivity contribution in [1.82, 2.24) is 25.4 Å². The van der Waals surface area contributed by atoms with Crippen LogP contribution in [0.5, 0.6) is 11.6 Å². The summed E-state index contributed by atoms with van der Waals surface area (Å²) in [5.74, 6) is -0.597. The Morgan fingerprint density at radius 3 is 2.83 bits per heavy atom. The molecular formula is C17H17BrFN5O5. The van der Waals surface area contributed by atoms with Crippen molar-refractivity contribution in [1.29, 1.82) is 0 Å². The quantitative estimate of drug-likeness (QED) is 0.503. The molecule has 0 aliphatic heterocycles. The topological polar surface area (TPSA) is 125 Å². The molecule has 0 amide bonds. The van der Waals surface area contributed by atoms with Gasteiger partial charge >= 0.3 is 5.97 Å². The molecule has 0 spiro atoms. The predicted molar refractivity (Wildman–Crippen MR) is 99.8 cm³/mol. The Hall–Kier alpha value is -3.02. The normalized spacial score (nSPS) is 11.4. The van der Waals surface area contributed by atoms with Gasteiger partial charge in [0.15, 0.2) is 6.54 Å². The molecule has 0 saturated carbocycles. The maximum Gasteiger partial charge on any atom is 0.327 e. The van der Waals surface area contributed by atoms with Crippen LogP contribution in [0.25, 0.3) is 11.6 Å². The van der Waals surface area contributed by atoms with E-state index in [0.717, 1.165) is 4.80 Å². The van der Waals surface area contributed by atoms with Crippen molar-refractivity contribution in [2.24, 2.45) is 5.41 Å². The molecule has 154 valence electrons. The molecule has 3 rings (SSSR count). The summed E-state index contributed by atoms with van der Waals surface area (Å²) < 4.78 is 30.4. The summed E-state index contributed by atoms with van der Waals surface area (Å²) in [6.45, 7) is 3.93. The number of carboxylic acids is 1. The second kappa shape index (κ2) is 8.55. The zero-order valence-corrected chi connectivity index (χ0v) is 17.1. The van der Waals surface area contributed by atoms with Gasteiger partial charge in [0.1, 0.15) is 11.6 Å². The van der Waals surface area contributed by atoms with E-state index in [9.17, 15) is 9.18 Å². The Morgan fingerprint density at radius 2 is 2.07 bits per heavy atom. The number of carbonyl (C=O) groups is 1. The van der Waals surface area contributed by atoms with E-state index in [4.69, 9.17) is 19.1 Å². The third-order valence-corrected chi connectivity index (χ3v) is 4.22. The first-order chi connectivity index (χ1) is 13.7. The Kier molecular flexibility index (Phi) is 6.11. The summed E-state index contributed by atoms with van der Waals surface area (Å²) in [5, 5.41) is 23.7. The summed E-state index contributed by atoms with van der Waals surface area (Å²) in [6, 6.07) is 5.69. The van der Waals surface area contributed by atoms with Gasteiger partial charge in [-0.15, -0.1) is 10.2 Å². The fraction of sp³-hybridized carbons (Fsp3) is 0.353. The van der Waals surface area contributed by atoms with Crippen molar-refractivity contribution in [2.45, 2.75) is 20.4 Å².